The van der Waals surface area contributed by atoms with Gasteiger partial charge in [-0.25, -0.2) is 14.3 Å². The minimum absolute atomic E-state index is 0.0972. The number of carbonyl (C=O) groups excluding carboxylic acids is 1. The predicted octanol–water partition coefficient (Wildman–Crippen LogP) is 4.49. The smallest absolute Gasteiger partial charge is 0.463 e. The molecule has 1 fully saturated rings. The van der Waals surface area contributed by atoms with Gasteiger partial charge in [-0.3, -0.25) is 9.32 Å². The number of carbonyl (C=O) groups is 1. The Labute approximate surface area is 205 Å². The Hall–Kier alpha value is -0.580. The van der Waals surface area contributed by atoms with Gasteiger partial charge in [0.1, 0.15) is 6.61 Å². The quantitative estimate of drug-likeness (QED) is 0.0745. The zero-order chi connectivity index (χ0) is 25.5. The third-order valence-corrected chi connectivity index (χ3v) is 5.82. The van der Waals surface area contributed by atoms with Gasteiger partial charge in [0.2, 0.25) is 6.29 Å². The van der Waals surface area contributed by atoms with Crippen molar-refractivity contribution in [1.82, 2.24) is 0 Å². The first-order valence-corrected chi connectivity index (χ1v) is 14.4. The number of rotatable bonds is 21. The van der Waals surface area contributed by atoms with E-state index in [2.05, 4.69) is 21.2 Å². The summed E-state index contributed by atoms with van der Waals surface area (Å²) in [7, 11) is -4.66. The topological polar surface area (TPSA) is 158 Å². The van der Waals surface area contributed by atoms with Crippen molar-refractivity contribution in [3.05, 3.63) is 0 Å². The Morgan fingerprint density at radius 2 is 1.29 bits per heavy atom. The zero-order valence-corrected chi connectivity index (χ0v) is 21.8. The molecule has 5 N–H and O–H groups in total. The van der Waals surface area contributed by atoms with Crippen LogP contribution in [0.1, 0.15) is 110 Å². The second kappa shape index (κ2) is 22.9. The van der Waals surface area contributed by atoms with Gasteiger partial charge in [-0.1, -0.05) is 96.8 Å². The van der Waals surface area contributed by atoms with E-state index in [-0.39, 0.29) is 19.2 Å². The lowest BCUT2D eigenvalue weighted by Gasteiger charge is -2.33. The number of hydrogen-bond donors (Lipinski definition) is 4. The zero-order valence-electron chi connectivity index (χ0n) is 20.9. The summed E-state index contributed by atoms with van der Waals surface area (Å²) in [6, 6.07) is 0. The van der Waals surface area contributed by atoms with Gasteiger partial charge in [-0.2, -0.15) is 0 Å². The minimum Gasteiger partial charge on any atom is -0.463 e. The molecule has 1 heterocycles. The van der Waals surface area contributed by atoms with Gasteiger partial charge in [0, 0.05) is 13.0 Å². The van der Waals surface area contributed by atoms with Crippen LogP contribution in [-0.4, -0.2) is 53.0 Å². The maximum Gasteiger partial charge on any atom is 0.472 e. The SMILES string of the molecule is CCCCCCCCCCCCCCCCCC(=O)OC[C@H]1OOC1OP(=O)(O)O.NCCO. The molecule has 0 amide bonds. The van der Waals surface area contributed by atoms with Crippen molar-refractivity contribution in [3.63, 3.8) is 0 Å². The first kappa shape index (κ1) is 33.4. The van der Waals surface area contributed by atoms with Crippen LogP contribution in [0.2, 0.25) is 0 Å². The van der Waals surface area contributed by atoms with E-state index in [9.17, 15) is 9.36 Å². The molecule has 0 bridgehead atoms. The van der Waals surface area contributed by atoms with Gasteiger partial charge >= 0.3 is 13.8 Å². The number of nitrogens with two attached hydrogens (primary N) is 1. The molecule has 1 saturated heterocycles. The summed E-state index contributed by atoms with van der Waals surface area (Å²) in [5, 5.41) is 7.75. The van der Waals surface area contributed by atoms with Crippen LogP contribution < -0.4 is 5.73 Å². The molecule has 1 unspecified atom stereocenters. The van der Waals surface area contributed by atoms with Crippen molar-refractivity contribution in [2.45, 2.75) is 122 Å². The van der Waals surface area contributed by atoms with Crippen molar-refractivity contribution in [1.29, 1.82) is 0 Å². The number of phosphoric acid groups is 1. The van der Waals surface area contributed by atoms with E-state index < -0.39 is 20.2 Å². The summed E-state index contributed by atoms with van der Waals surface area (Å²) in [6.45, 7) is 2.58. The van der Waals surface area contributed by atoms with Gasteiger partial charge in [-0.15, -0.1) is 0 Å². The number of esters is 1. The van der Waals surface area contributed by atoms with Gasteiger partial charge < -0.3 is 25.4 Å². The minimum atomic E-state index is -4.66. The number of phosphoric ester groups is 1. The molecule has 1 aliphatic rings. The van der Waals surface area contributed by atoms with Crippen LogP contribution in [0.3, 0.4) is 0 Å². The molecule has 204 valence electrons. The van der Waals surface area contributed by atoms with Crippen molar-refractivity contribution in [2.75, 3.05) is 19.8 Å². The van der Waals surface area contributed by atoms with Crippen LogP contribution in [0.5, 0.6) is 0 Å². The maximum atomic E-state index is 11.7. The summed E-state index contributed by atoms with van der Waals surface area (Å²) in [4.78, 5) is 38.2. The Kier molecular flexibility index (Phi) is 22.5. The van der Waals surface area contributed by atoms with E-state index >= 15 is 0 Å². The van der Waals surface area contributed by atoms with Crippen molar-refractivity contribution < 1.29 is 43.3 Å². The highest BCUT2D eigenvalue weighted by molar-refractivity contribution is 7.46. The van der Waals surface area contributed by atoms with E-state index in [1.807, 2.05) is 0 Å². The molecular weight excluding hydrogens is 465 g/mol. The highest BCUT2D eigenvalue weighted by atomic mass is 31.2. The average molecular weight is 514 g/mol. The first-order valence-electron chi connectivity index (χ1n) is 12.9. The van der Waals surface area contributed by atoms with Gasteiger partial charge in [-0.05, 0) is 6.42 Å². The lowest BCUT2D eigenvalue weighted by Crippen LogP contribution is -2.47. The van der Waals surface area contributed by atoms with E-state index in [0.717, 1.165) is 19.3 Å². The molecule has 0 spiro atoms. The Morgan fingerprint density at radius 3 is 1.65 bits per heavy atom. The number of unbranched alkanes of at least 4 members (excludes halogenated alkanes) is 14. The summed E-state index contributed by atoms with van der Waals surface area (Å²) in [5.74, 6) is -0.352. The first-order chi connectivity index (χ1) is 16.3. The third-order valence-electron chi connectivity index (χ3n) is 5.34. The Balaban J connectivity index is 0.00000251. The van der Waals surface area contributed by atoms with Crippen LogP contribution >= 0.6 is 7.82 Å². The van der Waals surface area contributed by atoms with Crippen molar-refractivity contribution in [2.24, 2.45) is 5.73 Å². The van der Waals surface area contributed by atoms with E-state index in [4.69, 9.17) is 25.4 Å². The molecule has 0 aromatic heterocycles. The van der Waals surface area contributed by atoms with E-state index in [1.54, 1.807) is 0 Å². The molecule has 10 nitrogen and oxygen atoms in total. The summed E-state index contributed by atoms with van der Waals surface area (Å²) >= 11 is 0. The number of aliphatic hydroxyl groups is 1. The largest absolute Gasteiger partial charge is 0.472 e. The fraction of sp³-hybridized carbons (Fsp3) is 0.957. The standard InChI is InChI=1S/C21H41O8P.C2H7NO/c1-2-3-4-5-6-7-8-9-10-11-12-13-14-15-16-17-20(22)26-18-19-21(28-27-19)29-30(23,24)25;3-1-2-4/h19,21H,2-18H2,1H3,(H2,23,24,25);4H,1-3H2/t19-,21?;/m1./s1. The van der Waals surface area contributed by atoms with Crippen molar-refractivity contribution >= 4 is 13.8 Å². The second-order valence-corrected chi connectivity index (χ2v) is 9.78. The van der Waals surface area contributed by atoms with Crippen molar-refractivity contribution in [3.8, 4) is 0 Å². The molecule has 1 aliphatic heterocycles. The molecule has 0 aliphatic carbocycles. The molecule has 34 heavy (non-hydrogen) atoms. The molecule has 11 heteroatoms. The summed E-state index contributed by atoms with van der Waals surface area (Å²) in [6.07, 6.45) is 17.3. The van der Waals surface area contributed by atoms with Crippen LogP contribution in [0.25, 0.3) is 0 Å². The van der Waals surface area contributed by atoms with Gasteiger partial charge in [0.25, 0.3) is 0 Å². The summed E-state index contributed by atoms with van der Waals surface area (Å²) in [5.41, 5.74) is 4.78. The van der Waals surface area contributed by atoms with E-state index in [1.165, 1.54) is 77.0 Å². The normalized spacial score (nSPS) is 17.6. The molecule has 0 aromatic rings. The van der Waals surface area contributed by atoms with Crippen LogP contribution in [0.15, 0.2) is 0 Å². The number of hydrogen-bond acceptors (Lipinski definition) is 8. The lowest BCUT2D eigenvalue weighted by atomic mass is 10.0. The summed E-state index contributed by atoms with van der Waals surface area (Å²) < 4.78 is 20.1. The highest BCUT2D eigenvalue weighted by Gasteiger charge is 2.41. The predicted molar refractivity (Wildman–Crippen MR) is 130 cm³/mol. The van der Waals surface area contributed by atoms with Gasteiger partial charge in [0.15, 0.2) is 6.10 Å². The van der Waals surface area contributed by atoms with Crippen LogP contribution in [0.4, 0.5) is 0 Å². The molecule has 1 rings (SSSR count). The van der Waals surface area contributed by atoms with Crippen LogP contribution in [0, 0.1) is 0 Å². The highest BCUT2D eigenvalue weighted by Crippen LogP contribution is 2.41. The molecule has 0 aromatic carbocycles. The Morgan fingerprint density at radius 1 is 0.853 bits per heavy atom. The fourth-order valence-corrected chi connectivity index (χ4v) is 3.84. The monoisotopic (exact) mass is 513 g/mol. The third kappa shape index (κ3) is 21.9. The number of aliphatic hydroxyl groups excluding tert-OH is 1. The van der Waals surface area contributed by atoms with Crippen LogP contribution in [-0.2, 0) is 28.4 Å². The second-order valence-electron chi connectivity index (χ2n) is 8.59. The maximum absolute atomic E-state index is 11.7. The molecule has 2 atom stereocenters. The van der Waals surface area contributed by atoms with E-state index in [0.29, 0.717) is 13.0 Å². The lowest BCUT2D eigenvalue weighted by molar-refractivity contribution is -0.509. The molecule has 0 radical (unpaired) electrons. The average Bonchev–Trinajstić information content (AvgIpc) is 2.79. The molecular formula is C23H48NO9P. The number of ether oxygens (including phenoxy) is 1. The molecule has 0 saturated carbocycles. The Bertz CT molecular complexity index is 517. The van der Waals surface area contributed by atoms with Gasteiger partial charge in [0.05, 0.1) is 6.61 Å². The fourth-order valence-electron chi connectivity index (χ4n) is 3.39.